The van der Waals surface area contributed by atoms with E-state index in [1.165, 1.54) is 12.3 Å². The predicted molar refractivity (Wildman–Crippen MR) is 57.7 cm³/mol. The Labute approximate surface area is 96.8 Å². The van der Waals surface area contributed by atoms with E-state index in [2.05, 4.69) is 10.3 Å². The molecule has 1 heterocycles. The Hall–Kier alpha value is -0.970. The number of nitrogens with zero attached hydrogens (tertiary/aromatic N) is 1. The first kappa shape index (κ1) is 13.1. The van der Waals surface area contributed by atoms with Crippen molar-refractivity contribution in [3.8, 4) is 0 Å². The van der Waals surface area contributed by atoms with Crippen LogP contribution in [-0.4, -0.2) is 16.9 Å². The number of aromatic nitrogens is 1. The summed E-state index contributed by atoms with van der Waals surface area (Å²) in [5, 5.41) is 2.56. The molecule has 0 aliphatic rings. The first-order chi connectivity index (χ1) is 7.41. The molecule has 0 spiro atoms. The van der Waals surface area contributed by atoms with Gasteiger partial charge in [-0.25, -0.2) is 4.98 Å². The number of hydrogen-bond donors (Lipinski definition) is 1. The molecular formula is C10H12ClF3N2. The summed E-state index contributed by atoms with van der Waals surface area (Å²) in [5.41, 5.74) is -0.753. The highest BCUT2D eigenvalue weighted by Crippen LogP contribution is 2.33. The topological polar surface area (TPSA) is 24.9 Å². The van der Waals surface area contributed by atoms with Crippen LogP contribution in [0.2, 0.25) is 0 Å². The van der Waals surface area contributed by atoms with Gasteiger partial charge in [-0.2, -0.15) is 13.2 Å². The van der Waals surface area contributed by atoms with Crippen LogP contribution in [0.3, 0.4) is 0 Å². The smallest absolute Gasteiger partial charge is 0.370 e. The van der Waals surface area contributed by atoms with Crippen LogP contribution in [0.15, 0.2) is 18.3 Å². The van der Waals surface area contributed by atoms with Crippen LogP contribution < -0.4 is 5.32 Å². The van der Waals surface area contributed by atoms with Crippen molar-refractivity contribution in [2.24, 2.45) is 0 Å². The fraction of sp³-hybridized carbons (Fsp3) is 0.500. The minimum atomic E-state index is -4.39. The molecule has 0 saturated carbocycles. The molecule has 0 aliphatic carbocycles. The van der Waals surface area contributed by atoms with Gasteiger partial charge >= 0.3 is 6.18 Å². The van der Waals surface area contributed by atoms with E-state index in [1.54, 1.807) is 6.92 Å². The third-order valence-electron chi connectivity index (χ3n) is 1.95. The van der Waals surface area contributed by atoms with Crippen molar-refractivity contribution < 1.29 is 13.2 Å². The van der Waals surface area contributed by atoms with E-state index in [1.807, 2.05) is 0 Å². The molecule has 1 N–H and O–H groups in total. The zero-order chi connectivity index (χ0) is 12.2. The third-order valence-corrected chi connectivity index (χ3v) is 2.17. The van der Waals surface area contributed by atoms with Crippen molar-refractivity contribution in [1.82, 2.24) is 4.98 Å². The SMILES string of the molecule is CC(Cl)CCNc1ncccc1C(F)(F)F. The van der Waals surface area contributed by atoms with Crippen molar-refractivity contribution in [2.75, 3.05) is 11.9 Å². The molecule has 0 bridgehead atoms. The number of anilines is 1. The lowest BCUT2D eigenvalue weighted by atomic mass is 10.2. The normalized spacial score (nSPS) is 13.6. The van der Waals surface area contributed by atoms with Gasteiger partial charge in [-0.05, 0) is 25.5 Å². The average molecular weight is 253 g/mol. The predicted octanol–water partition coefficient (Wildman–Crippen LogP) is 3.53. The van der Waals surface area contributed by atoms with Crippen LogP contribution in [0.1, 0.15) is 18.9 Å². The molecule has 0 fully saturated rings. The summed E-state index contributed by atoms with van der Waals surface area (Å²) in [4.78, 5) is 3.67. The summed E-state index contributed by atoms with van der Waals surface area (Å²) in [7, 11) is 0. The lowest BCUT2D eigenvalue weighted by Gasteiger charge is -2.13. The van der Waals surface area contributed by atoms with Crippen LogP contribution in [0.25, 0.3) is 0 Å². The van der Waals surface area contributed by atoms with Crippen LogP contribution >= 0.6 is 11.6 Å². The van der Waals surface area contributed by atoms with Gasteiger partial charge in [-0.1, -0.05) is 0 Å². The van der Waals surface area contributed by atoms with E-state index in [4.69, 9.17) is 11.6 Å². The van der Waals surface area contributed by atoms with Crippen molar-refractivity contribution in [3.63, 3.8) is 0 Å². The maximum Gasteiger partial charge on any atom is 0.419 e. The number of alkyl halides is 4. The second-order valence-corrected chi connectivity index (χ2v) is 4.14. The van der Waals surface area contributed by atoms with Gasteiger partial charge in [0.05, 0.1) is 5.56 Å². The summed E-state index contributed by atoms with van der Waals surface area (Å²) in [6.07, 6.45) is -2.49. The molecule has 1 rings (SSSR count). The maximum atomic E-state index is 12.5. The maximum absolute atomic E-state index is 12.5. The molecule has 2 nitrogen and oxygen atoms in total. The number of pyridine rings is 1. The second kappa shape index (κ2) is 5.39. The fourth-order valence-corrected chi connectivity index (χ4v) is 1.27. The fourth-order valence-electron chi connectivity index (χ4n) is 1.16. The Kier molecular flexibility index (Phi) is 4.41. The largest absolute Gasteiger partial charge is 0.419 e. The monoisotopic (exact) mass is 252 g/mol. The van der Waals surface area contributed by atoms with E-state index < -0.39 is 11.7 Å². The minimum absolute atomic E-state index is 0.0782. The van der Waals surface area contributed by atoms with Crippen molar-refractivity contribution in [2.45, 2.75) is 24.9 Å². The first-order valence-corrected chi connectivity index (χ1v) is 5.25. The molecule has 1 aromatic rings. The Bertz CT molecular complexity index is 339. The quantitative estimate of drug-likeness (QED) is 0.830. The summed E-state index contributed by atoms with van der Waals surface area (Å²) in [6.45, 7) is 2.15. The molecule has 16 heavy (non-hydrogen) atoms. The van der Waals surface area contributed by atoms with Gasteiger partial charge in [0.2, 0.25) is 0 Å². The lowest BCUT2D eigenvalue weighted by Crippen LogP contribution is -2.14. The summed E-state index contributed by atoms with van der Waals surface area (Å²) in [5.74, 6) is -0.146. The van der Waals surface area contributed by atoms with E-state index in [9.17, 15) is 13.2 Å². The van der Waals surface area contributed by atoms with Crippen LogP contribution in [0.4, 0.5) is 19.0 Å². The second-order valence-electron chi connectivity index (χ2n) is 3.39. The molecule has 0 aromatic carbocycles. The molecule has 1 aromatic heterocycles. The van der Waals surface area contributed by atoms with Gasteiger partial charge in [0.25, 0.3) is 0 Å². The van der Waals surface area contributed by atoms with E-state index >= 15 is 0 Å². The highest BCUT2D eigenvalue weighted by atomic mass is 35.5. The summed E-state index contributed by atoms with van der Waals surface area (Å²) < 4.78 is 37.6. The number of halogens is 4. The highest BCUT2D eigenvalue weighted by Gasteiger charge is 2.33. The van der Waals surface area contributed by atoms with Crippen LogP contribution in [0.5, 0.6) is 0 Å². The number of rotatable bonds is 4. The standard InChI is InChI=1S/C10H12ClF3N2/c1-7(11)4-6-16-9-8(10(12,13)14)3-2-5-15-9/h2-3,5,7H,4,6H2,1H3,(H,15,16). The molecule has 0 amide bonds. The summed E-state index contributed by atoms with van der Waals surface area (Å²) in [6, 6.07) is 2.26. The van der Waals surface area contributed by atoms with Crippen LogP contribution in [0, 0.1) is 0 Å². The Morgan fingerprint density at radius 2 is 2.19 bits per heavy atom. The van der Waals surface area contributed by atoms with Crippen molar-refractivity contribution in [3.05, 3.63) is 23.9 Å². The van der Waals surface area contributed by atoms with E-state index in [-0.39, 0.29) is 11.2 Å². The lowest BCUT2D eigenvalue weighted by molar-refractivity contribution is -0.137. The van der Waals surface area contributed by atoms with Gasteiger partial charge < -0.3 is 5.32 Å². The average Bonchev–Trinajstić information content (AvgIpc) is 2.16. The molecule has 0 aliphatic heterocycles. The molecule has 1 atom stereocenters. The number of nitrogens with one attached hydrogen (secondary N) is 1. The molecule has 0 radical (unpaired) electrons. The van der Waals surface area contributed by atoms with E-state index in [0.29, 0.717) is 13.0 Å². The molecule has 0 saturated heterocycles. The zero-order valence-corrected chi connectivity index (χ0v) is 9.44. The molecule has 90 valence electrons. The molecule has 6 heteroatoms. The van der Waals surface area contributed by atoms with Gasteiger partial charge in [0.1, 0.15) is 5.82 Å². The Morgan fingerprint density at radius 3 is 2.75 bits per heavy atom. The minimum Gasteiger partial charge on any atom is -0.370 e. The van der Waals surface area contributed by atoms with Crippen molar-refractivity contribution in [1.29, 1.82) is 0 Å². The van der Waals surface area contributed by atoms with Crippen LogP contribution in [-0.2, 0) is 6.18 Å². The first-order valence-electron chi connectivity index (χ1n) is 4.81. The van der Waals surface area contributed by atoms with E-state index in [0.717, 1.165) is 6.07 Å². The number of hydrogen-bond acceptors (Lipinski definition) is 2. The third kappa shape index (κ3) is 3.89. The van der Waals surface area contributed by atoms with Gasteiger partial charge in [-0.15, -0.1) is 11.6 Å². The van der Waals surface area contributed by atoms with Crippen molar-refractivity contribution >= 4 is 17.4 Å². The highest BCUT2D eigenvalue weighted by molar-refractivity contribution is 6.20. The Balaban J connectivity index is 2.72. The van der Waals surface area contributed by atoms with Gasteiger partial charge in [0.15, 0.2) is 0 Å². The Morgan fingerprint density at radius 1 is 1.50 bits per heavy atom. The summed E-state index contributed by atoms with van der Waals surface area (Å²) >= 11 is 5.69. The van der Waals surface area contributed by atoms with Gasteiger partial charge in [-0.3, -0.25) is 0 Å². The molecule has 1 unspecified atom stereocenters. The zero-order valence-electron chi connectivity index (χ0n) is 8.68. The molecular weight excluding hydrogens is 241 g/mol. The van der Waals surface area contributed by atoms with Gasteiger partial charge in [0, 0.05) is 18.1 Å².